The van der Waals surface area contributed by atoms with Crippen molar-refractivity contribution in [2.75, 3.05) is 0 Å². The van der Waals surface area contributed by atoms with Gasteiger partial charge in [0.05, 0.1) is 0 Å². The minimum Gasteiger partial charge on any atom is -0.0602 e. The Hall–Kier alpha value is -1.56. The van der Waals surface area contributed by atoms with Crippen LogP contribution in [0.5, 0.6) is 0 Å². The molecule has 0 amide bonds. The van der Waals surface area contributed by atoms with Gasteiger partial charge in [0.2, 0.25) is 0 Å². The average molecular weight is 405 g/mol. The molecule has 0 aliphatic heterocycles. The average Bonchev–Trinajstić information content (AvgIpc) is 2.63. The van der Waals surface area contributed by atoms with Crippen molar-refractivity contribution in [1.82, 2.24) is 0 Å². The van der Waals surface area contributed by atoms with Crippen molar-refractivity contribution in [3.63, 3.8) is 0 Å². The van der Waals surface area contributed by atoms with E-state index < -0.39 is 0 Å². The maximum atomic E-state index is 2.45. The van der Waals surface area contributed by atoms with E-state index in [1.54, 1.807) is 16.7 Å². The third kappa shape index (κ3) is 6.73. The summed E-state index contributed by atoms with van der Waals surface area (Å²) in [4.78, 5) is 0. The van der Waals surface area contributed by atoms with Gasteiger partial charge in [-0.25, -0.2) is 0 Å². The molecule has 0 heterocycles. The Kier molecular flexibility index (Phi) is 7.48. The predicted molar refractivity (Wildman–Crippen MR) is 132 cm³/mol. The topological polar surface area (TPSA) is 0 Å². The third-order valence-electron chi connectivity index (χ3n) is 6.86. The Labute approximate surface area is 186 Å². The summed E-state index contributed by atoms with van der Waals surface area (Å²) in [5.41, 5.74) is 8.41. The summed E-state index contributed by atoms with van der Waals surface area (Å²) in [5, 5.41) is 0. The summed E-state index contributed by atoms with van der Waals surface area (Å²) >= 11 is 0. The van der Waals surface area contributed by atoms with E-state index in [4.69, 9.17) is 0 Å². The highest BCUT2D eigenvalue weighted by Gasteiger charge is 2.30. The maximum Gasteiger partial charge on any atom is -0.0108 e. The van der Waals surface area contributed by atoms with Crippen molar-refractivity contribution in [1.29, 1.82) is 0 Å². The normalized spacial score (nSPS) is 14.9. The molecule has 0 nitrogen and oxygen atoms in total. The molecule has 0 heteroatoms. The van der Waals surface area contributed by atoms with Gasteiger partial charge in [0.15, 0.2) is 0 Å². The molecule has 2 aromatic rings. The summed E-state index contributed by atoms with van der Waals surface area (Å²) < 4.78 is 0. The first-order valence-electron chi connectivity index (χ1n) is 12.3. The fourth-order valence-corrected chi connectivity index (χ4v) is 4.87. The van der Waals surface area contributed by atoms with Crippen LogP contribution in [0.15, 0.2) is 42.5 Å². The lowest BCUT2D eigenvalue weighted by molar-refractivity contribution is 0.229. The standard InChI is InChI=1S/C30H44/c1-29(2,3)22-28(30(4,5)6)26-17-13-23(14-18-26)11-9-7-8-10-12-24-15-16-25-19-20-27(25)21-24/h13-18,21,28H,7-12,19-20,22H2,1-6H3. The Morgan fingerprint density at radius 2 is 1.23 bits per heavy atom. The van der Waals surface area contributed by atoms with Crippen LogP contribution in [0.3, 0.4) is 0 Å². The number of rotatable bonds is 9. The molecule has 2 aromatic carbocycles. The van der Waals surface area contributed by atoms with Gasteiger partial charge in [-0.2, -0.15) is 0 Å². The molecule has 1 aliphatic rings. The van der Waals surface area contributed by atoms with E-state index in [0.717, 1.165) is 0 Å². The molecule has 0 radical (unpaired) electrons. The van der Waals surface area contributed by atoms with E-state index in [1.807, 2.05) is 0 Å². The molecule has 0 aromatic heterocycles. The fraction of sp³-hybridized carbons (Fsp3) is 0.600. The van der Waals surface area contributed by atoms with Gasteiger partial charge in [0, 0.05) is 0 Å². The molecule has 1 aliphatic carbocycles. The second kappa shape index (κ2) is 9.71. The van der Waals surface area contributed by atoms with E-state index in [0.29, 0.717) is 16.7 Å². The monoisotopic (exact) mass is 404 g/mol. The van der Waals surface area contributed by atoms with Gasteiger partial charge in [-0.1, -0.05) is 96.8 Å². The molecule has 30 heavy (non-hydrogen) atoms. The summed E-state index contributed by atoms with van der Waals surface area (Å²) in [6.07, 6.45) is 11.7. The minimum absolute atomic E-state index is 0.300. The Morgan fingerprint density at radius 1 is 0.667 bits per heavy atom. The first-order chi connectivity index (χ1) is 14.1. The first kappa shape index (κ1) is 23.1. The molecule has 0 N–H and O–H groups in total. The zero-order valence-electron chi connectivity index (χ0n) is 20.5. The van der Waals surface area contributed by atoms with Crippen LogP contribution in [0.2, 0.25) is 0 Å². The number of hydrogen-bond donors (Lipinski definition) is 0. The number of benzene rings is 2. The molecule has 0 saturated carbocycles. The van der Waals surface area contributed by atoms with Crippen molar-refractivity contribution < 1.29 is 0 Å². The van der Waals surface area contributed by atoms with Crippen molar-refractivity contribution in [3.8, 4) is 0 Å². The van der Waals surface area contributed by atoms with E-state index in [9.17, 15) is 0 Å². The van der Waals surface area contributed by atoms with Crippen molar-refractivity contribution >= 4 is 0 Å². The number of unbranched alkanes of at least 4 members (excludes halogenated alkanes) is 3. The lowest BCUT2D eigenvalue weighted by atomic mass is 9.69. The van der Waals surface area contributed by atoms with Gasteiger partial charge in [0.25, 0.3) is 0 Å². The third-order valence-corrected chi connectivity index (χ3v) is 6.86. The molecule has 3 rings (SSSR count). The van der Waals surface area contributed by atoms with Gasteiger partial charge in [-0.15, -0.1) is 0 Å². The molecular weight excluding hydrogens is 360 g/mol. The highest BCUT2D eigenvalue weighted by molar-refractivity contribution is 5.38. The zero-order chi connectivity index (χ0) is 21.8. The van der Waals surface area contributed by atoms with Gasteiger partial charge in [-0.05, 0) is 89.5 Å². The quantitative estimate of drug-likeness (QED) is 0.367. The van der Waals surface area contributed by atoms with Crippen LogP contribution >= 0.6 is 0 Å². The van der Waals surface area contributed by atoms with Crippen LogP contribution in [0.4, 0.5) is 0 Å². The van der Waals surface area contributed by atoms with E-state index in [2.05, 4.69) is 84.0 Å². The number of hydrogen-bond acceptors (Lipinski definition) is 0. The van der Waals surface area contributed by atoms with Crippen LogP contribution < -0.4 is 0 Å². The van der Waals surface area contributed by atoms with Crippen molar-refractivity contribution in [2.45, 2.75) is 105 Å². The minimum atomic E-state index is 0.300. The van der Waals surface area contributed by atoms with Crippen LogP contribution in [-0.4, -0.2) is 0 Å². The largest absolute Gasteiger partial charge is 0.0602 e. The molecule has 0 saturated heterocycles. The molecule has 1 unspecified atom stereocenters. The summed E-state index contributed by atoms with van der Waals surface area (Å²) in [6.45, 7) is 14.3. The Balaban J connectivity index is 1.41. The Morgan fingerprint density at radius 3 is 1.73 bits per heavy atom. The van der Waals surface area contributed by atoms with Gasteiger partial charge >= 0.3 is 0 Å². The fourth-order valence-electron chi connectivity index (χ4n) is 4.87. The molecule has 164 valence electrons. The smallest absolute Gasteiger partial charge is 0.0108 e. The second-order valence-electron chi connectivity index (χ2n) is 11.9. The lowest BCUT2D eigenvalue weighted by Gasteiger charge is -2.36. The molecule has 0 bridgehead atoms. The number of aryl methyl sites for hydroxylation is 4. The van der Waals surface area contributed by atoms with E-state index in [1.165, 1.54) is 68.9 Å². The predicted octanol–water partition coefficient (Wildman–Crippen LogP) is 8.70. The highest BCUT2D eigenvalue weighted by Crippen LogP contribution is 2.43. The molecule has 1 atom stereocenters. The van der Waals surface area contributed by atoms with Crippen LogP contribution in [-0.2, 0) is 25.7 Å². The molecule has 0 fully saturated rings. The number of fused-ring (bicyclic) bond motifs is 1. The van der Waals surface area contributed by atoms with Crippen molar-refractivity contribution in [2.24, 2.45) is 10.8 Å². The second-order valence-corrected chi connectivity index (χ2v) is 11.9. The highest BCUT2D eigenvalue weighted by atomic mass is 14.3. The first-order valence-corrected chi connectivity index (χ1v) is 12.3. The van der Waals surface area contributed by atoms with Crippen molar-refractivity contribution in [3.05, 3.63) is 70.3 Å². The summed E-state index contributed by atoms with van der Waals surface area (Å²) in [7, 11) is 0. The SMILES string of the molecule is CC(C)(C)CC(c1ccc(CCCCCCc2ccc3c(c2)CC3)cc1)C(C)(C)C. The molecular formula is C30H44. The zero-order valence-corrected chi connectivity index (χ0v) is 20.5. The maximum absolute atomic E-state index is 2.45. The van der Waals surface area contributed by atoms with Crippen LogP contribution in [0.25, 0.3) is 0 Å². The van der Waals surface area contributed by atoms with Gasteiger partial charge in [-0.3, -0.25) is 0 Å². The van der Waals surface area contributed by atoms with Gasteiger partial charge < -0.3 is 0 Å². The lowest BCUT2D eigenvalue weighted by Crippen LogP contribution is -2.23. The van der Waals surface area contributed by atoms with Crippen LogP contribution in [0, 0.1) is 10.8 Å². The summed E-state index contributed by atoms with van der Waals surface area (Å²) in [5.74, 6) is 0.612. The summed E-state index contributed by atoms with van der Waals surface area (Å²) in [6, 6.07) is 16.7. The van der Waals surface area contributed by atoms with E-state index in [-0.39, 0.29) is 0 Å². The Bertz CT molecular complexity index is 795. The van der Waals surface area contributed by atoms with Gasteiger partial charge in [0.1, 0.15) is 0 Å². The van der Waals surface area contributed by atoms with E-state index >= 15 is 0 Å². The van der Waals surface area contributed by atoms with Crippen LogP contribution in [0.1, 0.15) is 107 Å². The molecule has 0 spiro atoms.